The molecular weight excluding hydrogens is 891 g/mol. The van der Waals surface area contributed by atoms with Crippen LogP contribution in [0.1, 0.15) is 89.0 Å². The van der Waals surface area contributed by atoms with Gasteiger partial charge in [0.05, 0.1) is 19.2 Å². The van der Waals surface area contributed by atoms with Gasteiger partial charge < -0.3 is 43.7 Å². The van der Waals surface area contributed by atoms with E-state index in [1.54, 1.807) is 58.9 Å². The molecule has 366 valence electrons. The van der Waals surface area contributed by atoms with Gasteiger partial charge in [0.2, 0.25) is 23.7 Å². The van der Waals surface area contributed by atoms with Crippen LogP contribution in [-0.2, 0) is 74.4 Å². The summed E-state index contributed by atoms with van der Waals surface area (Å²) in [7, 11) is 0. The number of nitrogens with one attached hydrogen (secondary N) is 1. The summed E-state index contributed by atoms with van der Waals surface area (Å²) in [6, 6.07) is 22.9. The average Bonchev–Trinajstić information content (AvgIpc) is 4.11. The SMILES string of the molecule is CC(C)(C)OC(=O)CC[C@@H](CO)NC(=O)[C@H]1CCCN1C(=O)[C@@]12C[C@H]3OC(=O)[C@@H]1N(Cc1cccc(C=CC(=O)O[C@H]4C(=O)OCC4(C)C)c1)O[C@@H]2[C@H]1OC(c2ccccc2)(c2ccccc2)O[C@H]13. The summed E-state index contributed by atoms with van der Waals surface area (Å²) in [6.45, 7) is 8.72. The third-order valence-electron chi connectivity index (χ3n) is 13.8. The van der Waals surface area contributed by atoms with Crippen molar-refractivity contribution in [3.05, 3.63) is 113 Å². The fourth-order valence-electron chi connectivity index (χ4n) is 10.6. The Bertz CT molecular complexity index is 2450. The first kappa shape index (κ1) is 48.1. The molecule has 3 aromatic rings. The minimum absolute atomic E-state index is 0.00379. The summed E-state index contributed by atoms with van der Waals surface area (Å²) in [5, 5.41) is 14.6. The van der Waals surface area contributed by atoms with E-state index in [1.165, 1.54) is 16.0 Å². The number of rotatable bonds is 14. The topological polar surface area (TPSA) is 206 Å². The number of benzene rings is 3. The Morgan fingerprint density at radius 3 is 2.28 bits per heavy atom. The van der Waals surface area contributed by atoms with Gasteiger partial charge in [-0.1, -0.05) is 98.8 Å². The van der Waals surface area contributed by atoms with Crippen LogP contribution in [0.5, 0.6) is 0 Å². The van der Waals surface area contributed by atoms with Gasteiger partial charge in [-0.25, -0.2) is 9.59 Å². The maximum absolute atomic E-state index is 15.8. The molecule has 9 atom stereocenters. The molecule has 3 aromatic carbocycles. The van der Waals surface area contributed by atoms with Crippen molar-refractivity contribution in [2.75, 3.05) is 19.8 Å². The molecule has 0 radical (unpaired) electrons. The van der Waals surface area contributed by atoms with Crippen molar-refractivity contribution in [2.24, 2.45) is 10.8 Å². The number of ether oxygens (including phenoxy) is 6. The molecule has 1 saturated carbocycles. The fourth-order valence-corrected chi connectivity index (χ4v) is 10.6. The zero-order chi connectivity index (χ0) is 48.9. The number of cyclic esters (lactones) is 1. The van der Waals surface area contributed by atoms with Gasteiger partial charge in [0.15, 0.2) is 6.04 Å². The number of amides is 2. The van der Waals surface area contributed by atoms with E-state index < -0.39 is 113 Å². The van der Waals surface area contributed by atoms with Crippen molar-refractivity contribution in [1.29, 1.82) is 0 Å². The summed E-state index contributed by atoms with van der Waals surface area (Å²) >= 11 is 0. The molecule has 0 unspecified atom stereocenters. The highest BCUT2D eigenvalue weighted by Crippen LogP contribution is 2.60. The van der Waals surface area contributed by atoms with E-state index in [-0.39, 0.29) is 39.0 Å². The molecule has 2 amide bonds. The van der Waals surface area contributed by atoms with E-state index >= 15 is 4.79 Å². The normalized spacial score (nSPS) is 29.2. The van der Waals surface area contributed by atoms with Gasteiger partial charge in [-0.2, -0.15) is 5.06 Å². The molecule has 17 nitrogen and oxygen atoms in total. The molecule has 0 spiro atoms. The molecule has 69 heavy (non-hydrogen) atoms. The predicted molar refractivity (Wildman–Crippen MR) is 243 cm³/mol. The van der Waals surface area contributed by atoms with Crippen LogP contribution in [0.3, 0.4) is 0 Å². The molecule has 5 saturated heterocycles. The van der Waals surface area contributed by atoms with Crippen molar-refractivity contribution < 1.29 is 67.1 Å². The van der Waals surface area contributed by atoms with E-state index in [0.717, 1.165) is 0 Å². The molecule has 2 N–H and O–H groups in total. The van der Waals surface area contributed by atoms with Crippen LogP contribution in [0.4, 0.5) is 0 Å². The van der Waals surface area contributed by atoms with Crippen LogP contribution in [0.25, 0.3) is 6.08 Å². The first-order valence-corrected chi connectivity index (χ1v) is 23.6. The Morgan fingerprint density at radius 2 is 1.62 bits per heavy atom. The Balaban J connectivity index is 1.03. The van der Waals surface area contributed by atoms with Gasteiger partial charge in [0.1, 0.15) is 48.1 Å². The standard InChI is InChI=1S/C52H59N3O14/c1-49(2,3)66-39(58)24-22-35(29-56)53-45(59)36-20-13-25-54(36)48(62)51-27-37-40-41(68-52(67-40,33-16-8-6-9-17-33)34-18-10-7-11-19-34)43(51)69-55(42(51)46(60)64-37)28-32-15-12-14-31(26-32)21-23-38(57)65-44-47(61)63-30-50(44,4)5/h6-12,14-19,21,23,26,35-37,40-44,56H,13,20,22,24-25,27-30H2,1-5H3,(H,53,59)/t35-,36+,37+,40-,41-,42-,43+,44-,51-/m0/s1. The van der Waals surface area contributed by atoms with Gasteiger partial charge in [-0.3, -0.25) is 24.0 Å². The van der Waals surface area contributed by atoms with Crippen molar-refractivity contribution >= 4 is 41.8 Å². The number of hydrogen-bond acceptors (Lipinski definition) is 15. The first-order valence-electron chi connectivity index (χ1n) is 23.6. The third-order valence-corrected chi connectivity index (χ3v) is 13.8. The van der Waals surface area contributed by atoms with Crippen LogP contribution in [0.15, 0.2) is 91.0 Å². The quantitative estimate of drug-likeness (QED) is 0.132. The number of aliphatic hydroxyl groups excluding tert-OH is 1. The third kappa shape index (κ3) is 9.18. The van der Waals surface area contributed by atoms with E-state index in [2.05, 4.69) is 5.32 Å². The minimum atomic E-state index is -1.62. The maximum Gasteiger partial charge on any atom is 0.348 e. The monoisotopic (exact) mass is 949 g/mol. The second-order valence-corrected chi connectivity index (χ2v) is 20.4. The highest BCUT2D eigenvalue weighted by molar-refractivity contribution is 5.97. The van der Waals surface area contributed by atoms with Crippen molar-refractivity contribution in [3.63, 3.8) is 0 Å². The lowest BCUT2D eigenvalue weighted by atomic mass is 9.62. The van der Waals surface area contributed by atoms with Crippen LogP contribution in [0.2, 0.25) is 0 Å². The van der Waals surface area contributed by atoms with Gasteiger partial charge in [-0.05, 0) is 57.2 Å². The summed E-state index contributed by atoms with van der Waals surface area (Å²) < 4.78 is 36.4. The zero-order valence-corrected chi connectivity index (χ0v) is 39.4. The smallest absolute Gasteiger partial charge is 0.348 e. The predicted octanol–water partition coefficient (Wildman–Crippen LogP) is 4.27. The molecule has 6 aliphatic rings. The number of nitrogens with zero attached hydrogens (tertiary/aromatic N) is 2. The Labute approximate surface area is 400 Å². The Morgan fingerprint density at radius 1 is 0.928 bits per heavy atom. The molecule has 0 aromatic heterocycles. The zero-order valence-electron chi connectivity index (χ0n) is 39.4. The second-order valence-electron chi connectivity index (χ2n) is 20.4. The Hall–Kier alpha value is -5.98. The number of carbonyl (C=O) groups excluding carboxylic acids is 6. The molecule has 6 fully saturated rings. The minimum Gasteiger partial charge on any atom is -0.462 e. The van der Waals surface area contributed by atoms with E-state index in [9.17, 15) is 29.1 Å². The van der Waals surface area contributed by atoms with Gasteiger partial charge in [0.25, 0.3) is 0 Å². The Kier molecular flexibility index (Phi) is 13.0. The highest BCUT2D eigenvalue weighted by atomic mass is 16.8. The lowest BCUT2D eigenvalue weighted by Crippen LogP contribution is -2.70. The summed E-state index contributed by atoms with van der Waals surface area (Å²) in [5.74, 6) is -4.94. The molecule has 5 heterocycles. The van der Waals surface area contributed by atoms with Crippen LogP contribution < -0.4 is 5.32 Å². The largest absolute Gasteiger partial charge is 0.462 e. The fraction of sp³-hybridized carbons (Fsp3) is 0.500. The molecule has 1 aliphatic carbocycles. The van der Waals surface area contributed by atoms with Gasteiger partial charge >= 0.3 is 23.9 Å². The number of carbonyl (C=O) groups is 6. The van der Waals surface area contributed by atoms with E-state index in [1.807, 2.05) is 66.7 Å². The van der Waals surface area contributed by atoms with Crippen molar-refractivity contribution in [2.45, 2.75) is 133 Å². The van der Waals surface area contributed by atoms with Crippen LogP contribution >= 0.6 is 0 Å². The number of aliphatic hydroxyl groups is 1. The number of esters is 4. The number of fused-ring (bicyclic) bond motifs is 4. The van der Waals surface area contributed by atoms with E-state index in [0.29, 0.717) is 35.1 Å². The summed E-state index contributed by atoms with van der Waals surface area (Å²) in [4.78, 5) is 90.7. The van der Waals surface area contributed by atoms with Crippen LogP contribution in [-0.4, -0.2) is 125 Å². The second kappa shape index (κ2) is 18.7. The summed E-state index contributed by atoms with van der Waals surface area (Å²) in [5.41, 5.74) is -0.380. The maximum atomic E-state index is 15.8. The lowest BCUT2D eigenvalue weighted by Gasteiger charge is -2.50. The van der Waals surface area contributed by atoms with E-state index in [4.69, 9.17) is 33.3 Å². The molecule has 2 bridgehead atoms. The van der Waals surface area contributed by atoms with Crippen molar-refractivity contribution in [3.8, 4) is 0 Å². The first-order chi connectivity index (χ1) is 32.9. The van der Waals surface area contributed by atoms with Crippen molar-refractivity contribution in [1.82, 2.24) is 15.3 Å². The number of likely N-dealkylation sites (tertiary alicyclic amines) is 1. The molecule has 9 rings (SSSR count). The van der Waals surface area contributed by atoms with Gasteiger partial charge in [0, 0.05) is 42.0 Å². The average molecular weight is 950 g/mol. The van der Waals surface area contributed by atoms with Crippen LogP contribution in [0, 0.1) is 10.8 Å². The molecule has 5 aliphatic heterocycles. The van der Waals surface area contributed by atoms with Gasteiger partial charge in [-0.15, -0.1) is 0 Å². The molecular formula is C52H59N3O14. The number of hydrogen-bond donors (Lipinski definition) is 2. The summed E-state index contributed by atoms with van der Waals surface area (Å²) in [6.07, 6.45) is -1.27. The molecule has 17 heteroatoms. The lowest BCUT2D eigenvalue weighted by molar-refractivity contribution is -0.214. The number of hydroxylamine groups is 2. The highest BCUT2D eigenvalue weighted by Gasteiger charge is 2.77.